The van der Waals surface area contributed by atoms with Crippen LogP contribution in [0.1, 0.15) is 37.7 Å². The van der Waals surface area contributed by atoms with Crippen LogP contribution in [0.5, 0.6) is 11.5 Å². The second-order valence-corrected chi connectivity index (χ2v) is 7.92. The van der Waals surface area contributed by atoms with Gasteiger partial charge in [-0.3, -0.25) is 14.6 Å². The predicted molar refractivity (Wildman–Crippen MR) is 121 cm³/mol. The number of methoxy groups -OCH3 is 1. The fourth-order valence-corrected chi connectivity index (χ4v) is 4.48. The Morgan fingerprint density at radius 2 is 1.78 bits per heavy atom. The quantitative estimate of drug-likeness (QED) is 0.475. The molecule has 2 atom stereocenters. The van der Waals surface area contributed by atoms with Crippen molar-refractivity contribution in [3.05, 3.63) is 71.4 Å². The van der Waals surface area contributed by atoms with E-state index >= 15 is 0 Å². The molecule has 2 aliphatic rings. The van der Waals surface area contributed by atoms with Gasteiger partial charge < -0.3 is 14.2 Å². The predicted octanol–water partition coefficient (Wildman–Crippen LogP) is 4.50. The van der Waals surface area contributed by atoms with E-state index in [-0.39, 0.29) is 19.0 Å². The molecule has 6 heteroatoms. The molecule has 0 bridgehead atoms. The number of hydrogen-bond donors (Lipinski definition) is 0. The normalized spacial score (nSPS) is 20.3. The second kappa shape index (κ2) is 9.81. The number of hydrogen-bond acceptors (Lipinski definition) is 6. The SMILES string of the molecule is COc1ccccc1[C@H]1C2=C(CCCC2=O)N=C(C)C1C(=O)OCCOc1ccccc1. The molecule has 0 spiro atoms. The van der Waals surface area contributed by atoms with Crippen molar-refractivity contribution in [3.8, 4) is 11.5 Å². The number of ketones is 1. The molecule has 32 heavy (non-hydrogen) atoms. The Morgan fingerprint density at radius 3 is 2.56 bits per heavy atom. The minimum absolute atomic E-state index is 0.0450. The Labute approximate surface area is 187 Å². The Morgan fingerprint density at radius 1 is 1.03 bits per heavy atom. The van der Waals surface area contributed by atoms with Crippen molar-refractivity contribution in [1.29, 1.82) is 0 Å². The van der Waals surface area contributed by atoms with E-state index in [9.17, 15) is 9.59 Å². The van der Waals surface area contributed by atoms with Gasteiger partial charge in [-0.2, -0.15) is 0 Å². The summed E-state index contributed by atoms with van der Waals surface area (Å²) in [5.74, 6) is -0.179. The summed E-state index contributed by atoms with van der Waals surface area (Å²) in [6.45, 7) is 2.18. The fraction of sp³-hybridized carbons (Fsp3) is 0.346. The van der Waals surface area contributed by atoms with Crippen LogP contribution in [-0.2, 0) is 14.3 Å². The maximum atomic E-state index is 13.3. The molecule has 1 aliphatic heterocycles. The highest BCUT2D eigenvalue weighted by Gasteiger charge is 2.44. The van der Waals surface area contributed by atoms with Crippen LogP contribution in [0.3, 0.4) is 0 Å². The Bertz CT molecular complexity index is 1060. The highest BCUT2D eigenvalue weighted by Crippen LogP contribution is 2.46. The third-order valence-corrected chi connectivity index (χ3v) is 5.90. The topological polar surface area (TPSA) is 74.2 Å². The van der Waals surface area contributed by atoms with Crippen LogP contribution in [0.2, 0.25) is 0 Å². The van der Waals surface area contributed by atoms with E-state index in [0.717, 1.165) is 24.1 Å². The van der Waals surface area contributed by atoms with Gasteiger partial charge in [-0.1, -0.05) is 36.4 Å². The van der Waals surface area contributed by atoms with Crippen molar-refractivity contribution in [3.63, 3.8) is 0 Å². The number of ether oxygens (including phenoxy) is 3. The lowest BCUT2D eigenvalue weighted by Crippen LogP contribution is -2.37. The first-order valence-electron chi connectivity index (χ1n) is 10.9. The van der Waals surface area contributed by atoms with Crippen molar-refractivity contribution in [2.24, 2.45) is 10.9 Å². The first-order chi connectivity index (χ1) is 15.6. The summed E-state index contributed by atoms with van der Waals surface area (Å²) >= 11 is 0. The van der Waals surface area contributed by atoms with E-state index in [1.54, 1.807) is 7.11 Å². The van der Waals surface area contributed by atoms with E-state index in [1.165, 1.54) is 0 Å². The van der Waals surface area contributed by atoms with Crippen LogP contribution in [-0.4, -0.2) is 37.8 Å². The first-order valence-corrected chi connectivity index (χ1v) is 10.9. The number of carbonyl (C=O) groups is 2. The van der Waals surface area contributed by atoms with E-state index in [4.69, 9.17) is 14.2 Å². The van der Waals surface area contributed by atoms with Crippen LogP contribution in [0.25, 0.3) is 0 Å². The molecule has 166 valence electrons. The number of esters is 1. The van der Waals surface area contributed by atoms with Crippen LogP contribution in [0.15, 0.2) is 70.9 Å². The fourth-order valence-electron chi connectivity index (χ4n) is 4.48. The Hall–Kier alpha value is -3.41. The number of rotatable bonds is 7. The highest BCUT2D eigenvalue weighted by atomic mass is 16.6. The summed E-state index contributed by atoms with van der Waals surface area (Å²) in [4.78, 5) is 30.9. The molecule has 0 saturated heterocycles. The van der Waals surface area contributed by atoms with Crippen LogP contribution in [0, 0.1) is 5.92 Å². The monoisotopic (exact) mass is 433 g/mol. The summed E-state index contributed by atoms with van der Waals surface area (Å²) in [6, 6.07) is 16.9. The maximum Gasteiger partial charge on any atom is 0.315 e. The molecule has 0 radical (unpaired) electrons. The molecule has 6 nitrogen and oxygen atoms in total. The molecule has 0 fully saturated rings. The maximum absolute atomic E-state index is 13.3. The number of para-hydroxylation sites is 2. The van der Waals surface area contributed by atoms with E-state index in [2.05, 4.69) is 4.99 Å². The second-order valence-electron chi connectivity index (χ2n) is 7.92. The van der Waals surface area contributed by atoms with Crippen molar-refractivity contribution in [1.82, 2.24) is 0 Å². The van der Waals surface area contributed by atoms with Gasteiger partial charge in [-0.05, 0) is 38.0 Å². The number of nitrogens with zero attached hydrogens (tertiary/aromatic N) is 1. The smallest absolute Gasteiger partial charge is 0.315 e. The van der Waals surface area contributed by atoms with Gasteiger partial charge in [-0.25, -0.2) is 0 Å². The average Bonchev–Trinajstić information content (AvgIpc) is 2.81. The zero-order chi connectivity index (χ0) is 22.5. The van der Waals surface area contributed by atoms with E-state index < -0.39 is 17.8 Å². The van der Waals surface area contributed by atoms with Gasteiger partial charge in [0.2, 0.25) is 0 Å². The Kier molecular flexibility index (Phi) is 6.69. The summed E-state index contributed by atoms with van der Waals surface area (Å²) in [5, 5.41) is 0. The largest absolute Gasteiger partial charge is 0.496 e. The molecule has 0 amide bonds. The van der Waals surface area contributed by atoms with Gasteiger partial charge in [0, 0.05) is 34.9 Å². The zero-order valence-electron chi connectivity index (χ0n) is 18.4. The molecule has 2 aromatic carbocycles. The lowest BCUT2D eigenvalue weighted by atomic mass is 9.71. The lowest BCUT2D eigenvalue weighted by molar-refractivity contribution is -0.147. The van der Waals surface area contributed by atoms with Gasteiger partial charge in [0.05, 0.1) is 7.11 Å². The zero-order valence-corrected chi connectivity index (χ0v) is 18.4. The minimum atomic E-state index is -0.691. The average molecular weight is 434 g/mol. The third kappa shape index (κ3) is 4.44. The number of aliphatic imine (C=N–C) groups is 1. The number of carbonyl (C=O) groups excluding carboxylic acids is 2. The van der Waals surface area contributed by atoms with Crippen molar-refractivity contribution in [2.45, 2.75) is 32.1 Å². The summed E-state index contributed by atoms with van der Waals surface area (Å²) in [7, 11) is 1.59. The van der Waals surface area contributed by atoms with E-state index in [0.29, 0.717) is 29.2 Å². The highest BCUT2D eigenvalue weighted by molar-refractivity contribution is 6.09. The molecule has 0 saturated carbocycles. The van der Waals surface area contributed by atoms with E-state index in [1.807, 2.05) is 61.5 Å². The summed E-state index contributed by atoms with van der Waals surface area (Å²) in [5.41, 5.74) is 2.86. The van der Waals surface area contributed by atoms with Crippen molar-refractivity contribution in [2.75, 3.05) is 20.3 Å². The Balaban J connectivity index is 1.59. The first kappa shape index (κ1) is 21.8. The molecule has 1 unspecified atom stereocenters. The van der Waals surface area contributed by atoms with Crippen LogP contribution < -0.4 is 9.47 Å². The van der Waals surface area contributed by atoms with Gasteiger partial charge in [0.15, 0.2) is 5.78 Å². The number of Topliss-reactive ketones (excluding diaryl/α,β-unsaturated/α-hetero) is 1. The van der Waals surface area contributed by atoms with Gasteiger partial charge in [-0.15, -0.1) is 0 Å². The molecular formula is C26H27NO5. The standard InChI is InChI=1S/C26H27NO5/c1-17-23(26(29)32-16-15-31-18-9-4-3-5-10-18)24(19-11-6-7-14-22(19)30-2)25-20(27-17)12-8-13-21(25)28/h3-7,9-11,14,23-24H,8,12-13,15-16H2,1-2H3/t23?,24-/m1/s1. The third-order valence-electron chi connectivity index (χ3n) is 5.90. The molecule has 0 aromatic heterocycles. The summed E-state index contributed by atoms with van der Waals surface area (Å²) < 4.78 is 16.8. The van der Waals surface area contributed by atoms with Gasteiger partial charge in [0.1, 0.15) is 30.6 Å². The number of benzene rings is 2. The minimum Gasteiger partial charge on any atom is -0.496 e. The van der Waals surface area contributed by atoms with Crippen molar-refractivity contribution < 1.29 is 23.8 Å². The van der Waals surface area contributed by atoms with Crippen molar-refractivity contribution >= 4 is 17.5 Å². The summed E-state index contributed by atoms with van der Waals surface area (Å²) in [6.07, 6.45) is 1.97. The molecule has 1 aliphatic carbocycles. The molecule has 1 heterocycles. The van der Waals surface area contributed by atoms with Crippen LogP contribution in [0.4, 0.5) is 0 Å². The van der Waals surface area contributed by atoms with Crippen LogP contribution >= 0.6 is 0 Å². The molecular weight excluding hydrogens is 406 g/mol. The van der Waals surface area contributed by atoms with Gasteiger partial charge >= 0.3 is 5.97 Å². The number of allylic oxidation sites excluding steroid dienone is 2. The molecule has 4 rings (SSSR count). The molecule has 2 aromatic rings. The van der Waals surface area contributed by atoms with Gasteiger partial charge in [0.25, 0.3) is 0 Å². The lowest BCUT2D eigenvalue weighted by Gasteiger charge is -2.35. The molecule has 0 N–H and O–H groups in total.